The molecule has 0 aliphatic carbocycles. The molecule has 0 saturated carbocycles. The molecule has 0 aliphatic heterocycles. The quantitative estimate of drug-likeness (QED) is 0.725. The summed E-state index contributed by atoms with van der Waals surface area (Å²) < 4.78 is 28.9. The Morgan fingerprint density at radius 1 is 1.17 bits per heavy atom. The van der Waals surface area contributed by atoms with Gasteiger partial charge in [-0.2, -0.15) is 0 Å². The van der Waals surface area contributed by atoms with Crippen molar-refractivity contribution in [3.05, 3.63) is 59.1 Å². The number of anilines is 1. The summed E-state index contributed by atoms with van der Waals surface area (Å²) in [6, 6.07) is 12.3. The number of carbonyl (C=O) groups is 1. The number of hydrogen-bond acceptors (Lipinski definition) is 5. The third kappa shape index (κ3) is 3.21. The van der Waals surface area contributed by atoms with E-state index < -0.39 is 21.7 Å². The van der Waals surface area contributed by atoms with Crippen LogP contribution in [0.1, 0.15) is 0 Å². The second-order valence-corrected chi connectivity index (χ2v) is 6.60. The van der Waals surface area contributed by atoms with Crippen LogP contribution < -0.4 is 16.2 Å². The molecule has 2 aromatic carbocycles. The third-order valence-electron chi connectivity index (χ3n) is 3.32. The van der Waals surface area contributed by atoms with Crippen LogP contribution in [-0.4, -0.2) is 18.9 Å². The van der Waals surface area contributed by atoms with Crippen molar-refractivity contribution in [1.82, 2.24) is 4.57 Å². The number of sulfonamides is 1. The fourth-order valence-electron chi connectivity index (χ4n) is 2.26. The summed E-state index contributed by atoms with van der Waals surface area (Å²) in [5.74, 6) is -1.15. The highest BCUT2D eigenvalue weighted by Gasteiger charge is 2.13. The zero-order chi connectivity index (χ0) is 17.3. The number of nitrogens with two attached hydrogens (primary N) is 1. The van der Waals surface area contributed by atoms with E-state index in [2.05, 4.69) is 5.32 Å². The number of fused-ring (bicyclic) bond motifs is 1. The van der Waals surface area contributed by atoms with Crippen molar-refractivity contribution in [3.8, 4) is 0 Å². The predicted molar refractivity (Wildman–Crippen MR) is 86.9 cm³/mol. The highest BCUT2D eigenvalue weighted by molar-refractivity contribution is 7.89. The largest absolute Gasteiger partial charge is 0.420 e. The van der Waals surface area contributed by atoms with Gasteiger partial charge in [0, 0.05) is 5.69 Å². The first kappa shape index (κ1) is 16.0. The van der Waals surface area contributed by atoms with Gasteiger partial charge < -0.3 is 9.73 Å². The fourth-order valence-corrected chi connectivity index (χ4v) is 2.82. The van der Waals surface area contributed by atoms with E-state index in [1.54, 1.807) is 24.3 Å². The molecule has 0 bridgehead atoms. The van der Waals surface area contributed by atoms with Crippen LogP contribution in [0.3, 0.4) is 0 Å². The van der Waals surface area contributed by atoms with Gasteiger partial charge in [0.15, 0.2) is 5.58 Å². The SMILES string of the molecule is NS(=O)(=O)c1cccc(NC(=O)Cn2c(=O)oc3ccccc32)c1. The summed E-state index contributed by atoms with van der Waals surface area (Å²) in [5.41, 5.74) is 1.13. The lowest BCUT2D eigenvalue weighted by Gasteiger charge is -2.07. The number of oxazole rings is 1. The second-order valence-electron chi connectivity index (χ2n) is 5.04. The Labute approximate surface area is 136 Å². The number of nitrogens with one attached hydrogen (secondary N) is 1. The monoisotopic (exact) mass is 347 g/mol. The van der Waals surface area contributed by atoms with Gasteiger partial charge >= 0.3 is 5.76 Å². The molecule has 8 nitrogen and oxygen atoms in total. The van der Waals surface area contributed by atoms with E-state index in [9.17, 15) is 18.0 Å². The molecule has 24 heavy (non-hydrogen) atoms. The van der Waals surface area contributed by atoms with Crippen molar-refractivity contribution in [2.24, 2.45) is 5.14 Å². The lowest BCUT2D eigenvalue weighted by Crippen LogP contribution is -2.24. The van der Waals surface area contributed by atoms with Crippen molar-refractivity contribution >= 4 is 32.7 Å². The molecule has 3 rings (SSSR count). The average Bonchev–Trinajstić information content (AvgIpc) is 2.83. The van der Waals surface area contributed by atoms with E-state index in [0.717, 1.165) is 0 Å². The summed E-state index contributed by atoms with van der Waals surface area (Å²) in [5, 5.41) is 7.57. The first-order valence-electron chi connectivity index (χ1n) is 6.86. The highest BCUT2D eigenvalue weighted by Crippen LogP contribution is 2.15. The van der Waals surface area contributed by atoms with Crippen LogP contribution in [-0.2, 0) is 21.4 Å². The molecular formula is C15H13N3O5S. The molecule has 0 fully saturated rings. The number of para-hydroxylation sites is 2. The summed E-state index contributed by atoms with van der Waals surface area (Å²) in [6.45, 7) is -0.268. The smallest absolute Gasteiger partial charge is 0.408 e. The Morgan fingerprint density at radius 3 is 2.67 bits per heavy atom. The van der Waals surface area contributed by atoms with Crippen LogP contribution in [0.2, 0.25) is 0 Å². The number of aromatic nitrogens is 1. The van der Waals surface area contributed by atoms with Crippen LogP contribution >= 0.6 is 0 Å². The molecule has 0 aliphatic rings. The lowest BCUT2D eigenvalue weighted by molar-refractivity contribution is -0.116. The summed E-state index contributed by atoms with van der Waals surface area (Å²) in [6.07, 6.45) is 0. The number of carbonyl (C=O) groups excluding carboxylic acids is 1. The number of nitrogens with zero attached hydrogens (tertiary/aromatic N) is 1. The molecule has 0 atom stereocenters. The van der Waals surface area contributed by atoms with Gasteiger partial charge in [0.25, 0.3) is 0 Å². The molecule has 0 saturated heterocycles. The van der Waals surface area contributed by atoms with E-state index in [-0.39, 0.29) is 17.1 Å². The zero-order valence-corrected chi connectivity index (χ0v) is 13.1. The van der Waals surface area contributed by atoms with Crippen molar-refractivity contribution < 1.29 is 17.6 Å². The van der Waals surface area contributed by atoms with Gasteiger partial charge in [-0.1, -0.05) is 18.2 Å². The van der Waals surface area contributed by atoms with Crippen molar-refractivity contribution in [2.75, 3.05) is 5.32 Å². The van der Waals surface area contributed by atoms with Gasteiger partial charge in [0.2, 0.25) is 15.9 Å². The number of amides is 1. The third-order valence-corrected chi connectivity index (χ3v) is 4.23. The summed E-state index contributed by atoms with van der Waals surface area (Å²) in [4.78, 5) is 23.9. The van der Waals surface area contributed by atoms with Gasteiger partial charge in [0.1, 0.15) is 6.54 Å². The maximum atomic E-state index is 12.1. The minimum Gasteiger partial charge on any atom is -0.408 e. The van der Waals surface area contributed by atoms with E-state index in [1.807, 2.05) is 0 Å². The summed E-state index contributed by atoms with van der Waals surface area (Å²) >= 11 is 0. The Hall–Kier alpha value is -2.91. The number of hydrogen-bond donors (Lipinski definition) is 2. The molecule has 1 heterocycles. The molecular weight excluding hydrogens is 334 g/mol. The molecule has 0 radical (unpaired) electrons. The molecule has 0 spiro atoms. The maximum Gasteiger partial charge on any atom is 0.420 e. The van der Waals surface area contributed by atoms with Crippen molar-refractivity contribution in [1.29, 1.82) is 0 Å². The minimum atomic E-state index is -3.87. The van der Waals surface area contributed by atoms with Gasteiger partial charge in [-0.15, -0.1) is 0 Å². The predicted octanol–water partition coefficient (Wildman–Crippen LogP) is 0.881. The van der Waals surface area contributed by atoms with Gasteiger partial charge in [-0.25, -0.2) is 18.4 Å². The van der Waals surface area contributed by atoms with Crippen molar-refractivity contribution in [2.45, 2.75) is 11.4 Å². The van der Waals surface area contributed by atoms with Gasteiger partial charge in [-0.3, -0.25) is 9.36 Å². The van der Waals surface area contributed by atoms with Crippen LogP contribution in [0.15, 0.2) is 62.6 Å². The Morgan fingerprint density at radius 2 is 1.92 bits per heavy atom. The van der Waals surface area contributed by atoms with E-state index in [4.69, 9.17) is 9.56 Å². The van der Waals surface area contributed by atoms with E-state index >= 15 is 0 Å². The number of rotatable bonds is 4. The van der Waals surface area contributed by atoms with Crippen molar-refractivity contribution in [3.63, 3.8) is 0 Å². The summed E-state index contributed by atoms with van der Waals surface area (Å²) in [7, 11) is -3.87. The standard InChI is InChI=1S/C15H13N3O5S/c16-24(21,22)11-5-3-4-10(8-11)17-14(19)9-18-12-6-1-2-7-13(12)23-15(18)20/h1-8H,9H2,(H,17,19)(H2,16,21,22). The Bertz CT molecular complexity index is 1080. The fraction of sp³-hybridized carbons (Fsp3) is 0.0667. The Balaban J connectivity index is 1.83. The van der Waals surface area contributed by atoms with E-state index in [0.29, 0.717) is 11.1 Å². The van der Waals surface area contributed by atoms with Gasteiger partial charge in [0.05, 0.1) is 10.4 Å². The molecule has 0 unspecified atom stereocenters. The Kier molecular flexibility index (Phi) is 3.96. The normalized spacial score (nSPS) is 11.5. The molecule has 3 N–H and O–H groups in total. The lowest BCUT2D eigenvalue weighted by atomic mass is 10.3. The topological polar surface area (TPSA) is 124 Å². The van der Waals surface area contributed by atoms with Crippen LogP contribution in [0, 0.1) is 0 Å². The molecule has 9 heteroatoms. The van der Waals surface area contributed by atoms with Crippen LogP contribution in [0.5, 0.6) is 0 Å². The van der Waals surface area contributed by atoms with Gasteiger partial charge in [-0.05, 0) is 30.3 Å². The van der Waals surface area contributed by atoms with Crippen LogP contribution in [0.25, 0.3) is 11.1 Å². The molecule has 1 aromatic heterocycles. The maximum absolute atomic E-state index is 12.1. The highest BCUT2D eigenvalue weighted by atomic mass is 32.2. The first-order valence-corrected chi connectivity index (χ1v) is 8.40. The first-order chi connectivity index (χ1) is 11.3. The minimum absolute atomic E-state index is 0.119. The second kappa shape index (κ2) is 5.95. The van der Waals surface area contributed by atoms with E-state index in [1.165, 1.54) is 28.8 Å². The number of benzene rings is 2. The average molecular weight is 347 g/mol. The van der Waals surface area contributed by atoms with Crippen LogP contribution in [0.4, 0.5) is 5.69 Å². The molecule has 1 amide bonds. The number of primary sulfonamides is 1. The molecule has 124 valence electrons. The zero-order valence-electron chi connectivity index (χ0n) is 12.3. The molecule has 3 aromatic rings.